The molecule has 2 rings (SSSR count). The van der Waals surface area contributed by atoms with Gasteiger partial charge in [0.15, 0.2) is 8.32 Å². The number of aliphatic imine (C=N–C) groups is 1. The van der Waals surface area contributed by atoms with E-state index in [0.717, 1.165) is 17.1 Å². The third-order valence-corrected chi connectivity index (χ3v) is 12.0. The standard InChI is InChI=1S/C29H50N4O4Si/c1-21-14-15-22(2)33(21)26(30-10)18-25(35-11)23(3)31-16-17-32(27(34)37-28(4,5)6)24(19-31)20-36-38(12,13)29(7,8)9/h14-15,18,24H,10,16-17,19-20H2,1-9,11-13H3/b25-23-,26-18+/t24-/m0/s1. The molecule has 1 amide bonds. The van der Waals surface area contributed by atoms with Crippen LogP contribution in [0.1, 0.15) is 59.9 Å². The molecule has 0 aromatic carbocycles. The predicted molar refractivity (Wildman–Crippen MR) is 159 cm³/mol. The number of rotatable bonds is 8. The number of carbonyl (C=O) groups excluding carboxylic acids is 1. The maximum absolute atomic E-state index is 13.2. The Balaban J connectivity index is 2.39. The summed E-state index contributed by atoms with van der Waals surface area (Å²) in [4.78, 5) is 21.5. The number of allylic oxidation sites excluding steroid dienone is 2. The molecule has 0 aliphatic carbocycles. The quantitative estimate of drug-likeness (QED) is 0.163. The number of aromatic nitrogens is 1. The summed E-state index contributed by atoms with van der Waals surface area (Å²) in [5.74, 6) is 1.40. The highest BCUT2D eigenvalue weighted by molar-refractivity contribution is 6.74. The van der Waals surface area contributed by atoms with Gasteiger partial charge >= 0.3 is 6.09 Å². The topological polar surface area (TPSA) is 68.5 Å². The third-order valence-electron chi connectivity index (χ3n) is 7.53. The molecule has 1 fully saturated rings. The third kappa shape index (κ3) is 7.76. The van der Waals surface area contributed by atoms with Gasteiger partial charge in [-0.05, 0) is 78.5 Å². The summed E-state index contributed by atoms with van der Waals surface area (Å²) in [5.41, 5.74) is 2.55. The van der Waals surface area contributed by atoms with Crippen LogP contribution in [0.4, 0.5) is 4.79 Å². The number of aryl methyl sites for hydroxylation is 2. The van der Waals surface area contributed by atoms with Crippen LogP contribution in [0.2, 0.25) is 18.1 Å². The molecular weight excluding hydrogens is 496 g/mol. The highest BCUT2D eigenvalue weighted by Gasteiger charge is 2.40. The largest absolute Gasteiger partial charge is 0.495 e. The fraction of sp³-hybridized carbons (Fsp3) is 0.655. The Morgan fingerprint density at radius 1 is 1.13 bits per heavy atom. The van der Waals surface area contributed by atoms with Crippen LogP contribution in [0.25, 0.3) is 5.82 Å². The van der Waals surface area contributed by atoms with E-state index in [2.05, 4.69) is 67.2 Å². The Bertz CT molecular complexity index is 1040. The van der Waals surface area contributed by atoms with E-state index in [-0.39, 0.29) is 17.2 Å². The fourth-order valence-corrected chi connectivity index (χ4v) is 5.22. The van der Waals surface area contributed by atoms with Crippen LogP contribution in [0.15, 0.2) is 34.7 Å². The average molecular weight is 547 g/mol. The van der Waals surface area contributed by atoms with Gasteiger partial charge in [-0.15, -0.1) is 0 Å². The summed E-state index contributed by atoms with van der Waals surface area (Å²) in [5, 5.41) is 0.0742. The zero-order valence-electron chi connectivity index (χ0n) is 25.8. The van der Waals surface area contributed by atoms with Crippen LogP contribution < -0.4 is 0 Å². The molecule has 1 saturated heterocycles. The number of methoxy groups -OCH3 is 1. The Morgan fingerprint density at radius 2 is 1.71 bits per heavy atom. The minimum atomic E-state index is -2.01. The number of piperazine rings is 1. The van der Waals surface area contributed by atoms with E-state index in [1.54, 1.807) is 7.11 Å². The van der Waals surface area contributed by atoms with Crippen molar-refractivity contribution in [1.29, 1.82) is 0 Å². The van der Waals surface area contributed by atoms with E-state index in [1.807, 2.05) is 52.5 Å². The normalized spacial score (nSPS) is 18.3. The van der Waals surface area contributed by atoms with Crippen molar-refractivity contribution < 1.29 is 18.7 Å². The Hall–Kier alpha value is -2.52. The molecule has 0 N–H and O–H groups in total. The lowest BCUT2D eigenvalue weighted by molar-refractivity contribution is -0.00659. The van der Waals surface area contributed by atoms with Gasteiger partial charge in [0.05, 0.1) is 25.5 Å². The van der Waals surface area contributed by atoms with E-state index in [4.69, 9.17) is 13.9 Å². The number of nitrogens with zero attached hydrogens (tertiary/aromatic N) is 4. The van der Waals surface area contributed by atoms with Gasteiger partial charge in [0.1, 0.15) is 17.2 Å². The van der Waals surface area contributed by atoms with Gasteiger partial charge in [-0.2, -0.15) is 0 Å². The molecule has 9 heteroatoms. The summed E-state index contributed by atoms with van der Waals surface area (Å²) in [7, 11) is -0.345. The molecule has 38 heavy (non-hydrogen) atoms. The molecule has 0 bridgehead atoms. The predicted octanol–water partition coefficient (Wildman–Crippen LogP) is 6.42. The maximum Gasteiger partial charge on any atom is 0.410 e. The monoisotopic (exact) mass is 546 g/mol. The van der Waals surface area contributed by atoms with Crippen molar-refractivity contribution in [3.63, 3.8) is 0 Å². The van der Waals surface area contributed by atoms with Crippen LogP contribution in [0, 0.1) is 13.8 Å². The second-order valence-electron chi connectivity index (χ2n) is 12.6. The van der Waals surface area contributed by atoms with E-state index in [0.29, 0.717) is 37.8 Å². The molecule has 1 aliphatic rings. The minimum Gasteiger partial charge on any atom is -0.495 e. The summed E-state index contributed by atoms with van der Waals surface area (Å²) < 4.78 is 20.2. The SMILES string of the molecule is C=N/C(=C\C(OC)=C(/C)N1CCN(C(=O)OC(C)(C)C)[C@H](CO[Si](C)(C)C(C)(C)C)C1)n1c(C)ccc1C. The molecule has 0 unspecified atom stereocenters. The maximum atomic E-state index is 13.2. The zero-order valence-corrected chi connectivity index (χ0v) is 26.8. The molecule has 0 saturated carbocycles. The molecule has 0 spiro atoms. The smallest absolute Gasteiger partial charge is 0.410 e. The van der Waals surface area contributed by atoms with Crippen molar-refractivity contribution in [2.75, 3.05) is 33.4 Å². The molecule has 0 radical (unpaired) electrons. The summed E-state index contributed by atoms with van der Waals surface area (Å²) in [6.07, 6.45) is 1.62. The molecule has 8 nitrogen and oxygen atoms in total. The minimum absolute atomic E-state index is 0.0742. The second-order valence-corrected chi connectivity index (χ2v) is 17.4. The van der Waals surface area contributed by atoms with Gasteiger partial charge in [0, 0.05) is 37.1 Å². The van der Waals surface area contributed by atoms with Crippen LogP contribution >= 0.6 is 0 Å². The van der Waals surface area contributed by atoms with E-state index in [1.165, 1.54) is 0 Å². The first kappa shape index (κ1) is 31.7. The lowest BCUT2D eigenvalue weighted by Gasteiger charge is -2.45. The molecule has 1 atom stereocenters. The van der Waals surface area contributed by atoms with Crippen molar-refractivity contribution in [2.45, 2.75) is 92.1 Å². The highest BCUT2D eigenvalue weighted by Crippen LogP contribution is 2.37. The van der Waals surface area contributed by atoms with Gasteiger partial charge in [0.2, 0.25) is 0 Å². The van der Waals surface area contributed by atoms with Gasteiger partial charge in [-0.25, -0.2) is 9.79 Å². The first-order valence-electron chi connectivity index (χ1n) is 13.4. The molecule has 1 aromatic rings. The Kier molecular flexibility index (Phi) is 10.1. The van der Waals surface area contributed by atoms with E-state index < -0.39 is 13.9 Å². The lowest BCUT2D eigenvalue weighted by atomic mass is 10.1. The Labute approximate surface area is 231 Å². The number of amides is 1. The number of carbonyl (C=O) groups is 1. The number of hydrogen-bond acceptors (Lipinski definition) is 6. The van der Waals surface area contributed by atoms with Crippen LogP contribution in [-0.2, 0) is 13.9 Å². The zero-order chi connectivity index (χ0) is 29.1. The summed E-state index contributed by atoms with van der Waals surface area (Å²) in [6.45, 7) is 29.0. The van der Waals surface area contributed by atoms with Crippen LogP contribution in [-0.4, -0.2) is 80.5 Å². The van der Waals surface area contributed by atoms with Crippen molar-refractivity contribution >= 4 is 26.9 Å². The number of hydrogen-bond donors (Lipinski definition) is 0. The van der Waals surface area contributed by atoms with Crippen LogP contribution in [0.5, 0.6) is 0 Å². The van der Waals surface area contributed by atoms with Crippen molar-refractivity contribution in [3.05, 3.63) is 41.1 Å². The lowest BCUT2D eigenvalue weighted by Crippen LogP contribution is -2.58. The van der Waals surface area contributed by atoms with Crippen molar-refractivity contribution in [1.82, 2.24) is 14.4 Å². The van der Waals surface area contributed by atoms with Gasteiger partial charge in [0.25, 0.3) is 0 Å². The highest BCUT2D eigenvalue weighted by atomic mass is 28.4. The number of ether oxygens (including phenoxy) is 2. The van der Waals surface area contributed by atoms with Crippen molar-refractivity contribution in [2.24, 2.45) is 4.99 Å². The molecule has 1 aromatic heterocycles. The summed E-state index contributed by atoms with van der Waals surface area (Å²) in [6, 6.07) is 3.95. The molecule has 1 aliphatic heterocycles. The van der Waals surface area contributed by atoms with Gasteiger partial charge < -0.3 is 23.4 Å². The van der Waals surface area contributed by atoms with Crippen LogP contribution in [0.3, 0.4) is 0 Å². The first-order chi connectivity index (χ1) is 17.4. The van der Waals surface area contributed by atoms with E-state index >= 15 is 0 Å². The average Bonchev–Trinajstić information content (AvgIpc) is 3.14. The summed E-state index contributed by atoms with van der Waals surface area (Å²) >= 11 is 0. The van der Waals surface area contributed by atoms with E-state index in [9.17, 15) is 4.79 Å². The molecular formula is C29H50N4O4Si. The second kappa shape index (κ2) is 12.1. The Morgan fingerprint density at radius 3 is 2.18 bits per heavy atom. The first-order valence-corrected chi connectivity index (χ1v) is 16.3. The fourth-order valence-electron chi connectivity index (χ4n) is 4.18. The van der Waals surface area contributed by atoms with Gasteiger partial charge in [-0.1, -0.05) is 20.8 Å². The van der Waals surface area contributed by atoms with Gasteiger partial charge in [-0.3, -0.25) is 4.90 Å². The molecule has 2 heterocycles. The molecule has 214 valence electrons. The van der Waals surface area contributed by atoms with Crippen molar-refractivity contribution in [3.8, 4) is 0 Å².